The molecule has 0 N–H and O–H groups in total. The van der Waals surface area contributed by atoms with Gasteiger partial charge in [-0.25, -0.2) is 4.98 Å². The molecule has 3 heterocycles. The van der Waals surface area contributed by atoms with Crippen LogP contribution in [0.3, 0.4) is 0 Å². The van der Waals surface area contributed by atoms with E-state index in [1.165, 1.54) is 16.7 Å². The molecule has 10 aromatic rings. The van der Waals surface area contributed by atoms with Crippen LogP contribution in [0.4, 0.5) is 22.7 Å². The van der Waals surface area contributed by atoms with E-state index in [-0.39, 0.29) is 67.0 Å². The van der Waals surface area contributed by atoms with Gasteiger partial charge in [0, 0.05) is 66.9 Å². The zero-order valence-electron chi connectivity index (χ0n) is 48.0. The molecule has 0 aliphatic carbocycles. The minimum atomic E-state index is -0.435. The quantitative estimate of drug-likeness (QED) is 0.142. The van der Waals surface area contributed by atoms with Crippen molar-refractivity contribution in [2.75, 3.05) is 9.80 Å². The van der Waals surface area contributed by atoms with E-state index in [2.05, 4.69) is 211 Å². The molecule has 0 radical (unpaired) electrons. The molecule has 6 heteroatoms. The summed E-state index contributed by atoms with van der Waals surface area (Å²) in [5, 5.41) is 1.94. The number of pyridine rings is 1. The van der Waals surface area contributed by atoms with Crippen LogP contribution in [0.2, 0.25) is 0 Å². The van der Waals surface area contributed by atoms with Gasteiger partial charge in [-0.05, 0) is 115 Å². The van der Waals surface area contributed by atoms with Gasteiger partial charge >= 0.3 is 0 Å². The Hall–Kier alpha value is -7.20. The van der Waals surface area contributed by atoms with Gasteiger partial charge in [0.1, 0.15) is 5.82 Å². The topological polar surface area (TPSA) is 33.5 Å². The molecule has 368 valence electrons. The largest absolute Gasteiger partial charge is 0.509 e. The van der Waals surface area contributed by atoms with Crippen LogP contribution in [0.5, 0.6) is 11.5 Å². The maximum absolute atomic E-state index is 8.73. The van der Waals surface area contributed by atoms with Gasteiger partial charge < -0.3 is 19.1 Å². The van der Waals surface area contributed by atoms with Gasteiger partial charge in [-0.1, -0.05) is 177 Å². The van der Waals surface area contributed by atoms with Crippen molar-refractivity contribution in [3.05, 3.63) is 223 Å². The van der Waals surface area contributed by atoms with Gasteiger partial charge in [-0.15, -0.1) is 48.1 Å². The van der Waals surface area contributed by atoms with Crippen LogP contribution in [0.15, 0.2) is 182 Å². The molecule has 0 unspecified atom stereocenters. The van der Waals surface area contributed by atoms with Crippen molar-refractivity contribution in [2.24, 2.45) is 0 Å². The molecule has 1 aliphatic rings. The van der Waals surface area contributed by atoms with Gasteiger partial charge in [0.25, 0.3) is 0 Å². The van der Waals surface area contributed by atoms with E-state index in [4.69, 9.17) is 16.6 Å². The number of aryl methyl sites for hydroxylation is 1. The second kappa shape index (κ2) is 19.0. The molecule has 11 rings (SSSR count). The number of rotatable bonds is 8. The van der Waals surface area contributed by atoms with Crippen LogP contribution in [0.1, 0.15) is 91.4 Å². The van der Waals surface area contributed by atoms with Gasteiger partial charge in [0.05, 0.1) is 6.85 Å². The summed E-state index contributed by atoms with van der Waals surface area (Å²) in [5.74, 6) is 1.57. The van der Waals surface area contributed by atoms with Crippen LogP contribution < -0.4 is 14.5 Å². The molecule has 0 bridgehead atoms. The fourth-order valence-electron chi connectivity index (χ4n) is 9.62. The summed E-state index contributed by atoms with van der Waals surface area (Å²) in [6, 6.07) is 56.6. The third kappa shape index (κ3) is 9.64. The van der Waals surface area contributed by atoms with E-state index in [1.54, 1.807) is 6.20 Å². The molecule has 0 atom stereocenters. The molecule has 73 heavy (non-hydrogen) atoms. The molecule has 2 aromatic heterocycles. The maximum Gasteiger partial charge on any atom is 0.135 e. The first kappa shape index (κ1) is 43.4. The summed E-state index contributed by atoms with van der Waals surface area (Å²) in [6.45, 7) is 24.3. The monoisotopic (exact) mass is 1140 g/mol. The van der Waals surface area contributed by atoms with Crippen LogP contribution in [0.25, 0.3) is 61.0 Å². The predicted octanol–water partition coefficient (Wildman–Crippen LogP) is 18.2. The molecule has 0 saturated carbocycles. The van der Waals surface area contributed by atoms with E-state index < -0.39 is 6.04 Å². The molecule has 5 nitrogen and oxygen atoms in total. The summed E-state index contributed by atoms with van der Waals surface area (Å²) < 4.78 is 51.2. The first-order valence-electron chi connectivity index (χ1n) is 27.2. The van der Waals surface area contributed by atoms with Gasteiger partial charge in [-0.2, -0.15) is 12.1 Å². The molecular formula is C67H61N4OPt-3. The summed E-state index contributed by atoms with van der Waals surface area (Å²) in [6.07, 6.45) is 1.60. The van der Waals surface area contributed by atoms with Crippen molar-refractivity contribution < 1.29 is 32.7 Å². The molecule has 1 aliphatic heterocycles. The number of fused-ring (bicyclic) bond motifs is 4. The fourth-order valence-corrected chi connectivity index (χ4v) is 9.62. The van der Waals surface area contributed by atoms with Crippen molar-refractivity contribution in [3.63, 3.8) is 0 Å². The number of aromatic nitrogens is 2. The number of nitrogens with zero attached hydrogens (tertiary/aromatic N) is 4. The van der Waals surface area contributed by atoms with E-state index in [0.29, 0.717) is 28.4 Å². The molecular weight excluding hydrogens is 1070 g/mol. The zero-order valence-corrected chi connectivity index (χ0v) is 45.3. The van der Waals surface area contributed by atoms with Crippen molar-refractivity contribution in [3.8, 4) is 50.7 Å². The number of hydrogen-bond acceptors (Lipinski definition) is 4. The van der Waals surface area contributed by atoms with E-state index in [9.17, 15) is 0 Å². The minimum Gasteiger partial charge on any atom is -0.509 e. The maximum atomic E-state index is 8.73. The number of anilines is 4. The SMILES string of the molecule is [2H]c1c([2H])c([2H])c(-c2cnc(-n3c4[c-]c(Oc5[c-]c(N6[CH-]N(c7cc(C(C)(C)C)cc(C(C)(C)C)c7)c7cc(-c8ccccc8)ccc76)ccc5)ccc4c4cc(-c5cccc(C(C)(C)C)c5)ccc43)cc2C)c([2H])c1[2H].[Pt]. The molecule has 0 spiro atoms. The smallest absolute Gasteiger partial charge is 0.135 e. The molecule has 0 fully saturated rings. The van der Waals surface area contributed by atoms with E-state index in [1.807, 2.05) is 37.3 Å². The van der Waals surface area contributed by atoms with Crippen molar-refractivity contribution in [1.82, 2.24) is 9.55 Å². The van der Waals surface area contributed by atoms with Crippen molar-refractivity contribution in [2.45, 2.75) is 85.5 Å². The normalized spacial score (nSPS) is 13.8. The molecule has 8 aromatic carbocycles. The van der Waals surface area contributed by atoms with Crippen LogP contribution >= 0.6 is 0 Å². The zero-order chi connectivity index (χ0) is 54.5. The Morgan fingerprint density at radius 2 is 1.19 bits per heavy atom. The fraction of sp³-hybridized carbons (Fsp3) is 0.194. The van der Waals surface area contributed by atoms with Crippen molar-refractivity contribution in [1.29, 1.82) is 0 Å². The molecule has 0 saturated heterocycles. The Morgan fingerprint density at radius 1 is 0.534 bits per heavy atom. The van der Waals surface area contributed by atoms with Gasteiger partial charge in [-0.3, -0.25) is 0 Å². The number of benzene rings is 8. The predicted molar refractivity (Wildman–Crippen MR) is 301 cm³/mol. The average molecular weight is 1140 g/mol. The van der Waals surface area contributed by atoms with E-state index in [0.717, 1.165) is 66.8 Å². The second-order valence-electron chi connectivity index (χ2n) is 22.0. The first-order chi connectivity index (χ1) is 36.5. The summed E-state index contributed by atoms with van der Waals surface area (Å²) >= 11 is 0. The van der Waals surface area contributed by atoms with Gasteiger partial charge in [0.2, 0.25) is 0 Å². The van der Waals surface area contributed by atoms with Crippen LogP contribution in [-0.4, -0.2) is 9.55 Å². The summed E-state index contributed by atoms with van der Waals surface area (Å²) in [7, 11) is 0. The Balaban J connectivity index is 0.00000688. The number of ether oxygens (including phenoxy) is 1. The summed E-state index contributed by atoms with van der Waals surface area (Å²) in [5.41, 5.74) is 14.9. The third-order valence-corrected chi connectivity index (χ3v) is 13.8. The standard InChI is InChI=1S/C67H61N4O.Pt/c1-44-33-64(68-42-59(44)46-21-15-12-16-22-46)71-60-31-27-48(47-23-17-24-50(34-47)65(2,3)4)35-58(60)57-30-29-56(41-62(57)71)72-55-26-18-25-53(40-55)69-43-70(54-38-51(66(5,6)7)37-52(39-54)67(8,9)10)63-36-49(28-32-61(63)69)45-19-13-11-14-20-45;/h11-39,42-43H,1-10H3;/q-3;/i12D,15D,16D,21D,22D;. The summed E-state index contributed by atoms with van der Waals surface area (Å²) in [4.78, 5) is 9.44. The van der Waals surface area contributed by atoms with E-state index >= 15 is 0 Å². The average Bonchev–Trinajstić information content (AvgIpc) is 4.13. The second-order valence-corrected chi connectivity index (χ2v) is 22.0. The Labute approximate surface area is 453 Å². The Bertz CT molecular complexity index is 3920. The Kier molecular flexibility index (Phi) is 11.3. The minimum absolute atomic E-state index is 0. The number of hydrogen-bond donors (Lipinski definition) is 0. The van der Waals surface area contributed by atoms with Crippen LogP contribution in [0, 0.1) is 25.7 Å². The van der Waals surface area contributed by atoms with Crippen molar-refractivity contribution >= 4 is 44.6 Å². The van der Waals surface area contributed by atoms with Gasteiger partial charge in [0.15, 0.2) is 0 Å². The third-order valence-electron chi connectivity index (χ3n) is 13.8. The van der Waals surface area contributed by atoms with Crippen LogP contribution in [-0.2, 0) is 37.3 Å². The Morgan fingerprint density at radius 3 is 1.90 bits per heavy atom. The first-order valence-corrected chi connectivity index (χ1v) is 24.7. The molecule has 0 amide bonds.